The smallest absolute Gasteiger partial charge is 0.269 e. The predicted octanol–water partition coefficient (Wildman–Crippen LogP) is 1.23. The summed E-state index contributed by atoms with van der Waals surface area (Å²) in [6, 6.07) is 4.95. The van der Waals surface area contributed by atoms with Crippen molar-refractivity contribution < 1.29 is 9.90 Å². The Kier molecular flexibility index (Phi) is 4.81. The van der Waals surface area contributed by atoms with E-state index in [1.165, 1.54) is 18.3 Å². The Hall–Kier alpha value is -1.93. The van der Waals surface area contributed by atoms with Crippen LogP contribution in [0.4, 0.5) is 0 Å². The summed E-state index contributed by atoms with van der Waals surface area (Å²) in [5.41, 5.74) is -0.261. The van der Waals surface area contributed by atoms with Gasteiger partial charge in [0.2, 0.25) is 0 Å². The second-order valence-electron chi connectivity index (χ2n) is 4.47. The molecular formula is C13H17N3O2. The van der Waals surface area contributed by atoms with E-state index in [9.17, 15) is 9.90 Å². The Morgan fingerprint density at radius 1 is 1.61 bits per heavy atom. The fraction of sp³-hybridized carbons (Fsp3) is 0.462. The van der Waals surface area contributed by atoms with Gasteiger partial charge in [-0.1, -0.05) is 13.3 Å². The summed E-state index contributed by atoms with van der Waals surface area (Å²) in [6.45, 7) is 3.84. The topological polar surface area (TPSA) is 86.0 Å². The van der Waals surface area contributed by atoms with Gasteiger partial charge in [-0.05, 0) is 25.5 Å². The molecule has 0 aliphatic carbocycles. The summed E-state index contributed by atoms with van der Waals surface area (Å²) in [6.07, 6.45) is 2.81. The molecule has 1 unspecified atom stereocenters. The molecule has 0 aliphatic rings. The maximum atomic E-state index is 11.7. The van der Waals surface area contributed by atoms with E-state index in [0.717, 1.165) is 6.42 Å². The Balaban J connectivity index is 2.58. The zero-order valence-electron chi connectivity index (χ0n) is 10.6. The third kappa shape index (κ3) is 4.15. The summed E-state index contributed by atoms with van der Waals surface area (Å²) in [7, 11) is 0. The highest BCUT2D eigenvalue weighted by atomic mass is 16.3. The fourth-order valence-electron chi connectivity index (χ4n) is 1.58. The van der Waals surface area contributed by atoms with Gasteiger partial charge in [0.05, 0.1) is 11.2 Å². The van der Waals surface area contributed by atoms with Gasteiger partial charge in [0.15, 0.2) is 0 Å². The molecule has 1 heterocycles. The molecule has 1 atom stereocenters. The molecule has 1 rings (SSSR count). The molecule has 2 N–H and O–H groups in total. The lowest BCUT2D eigenvalue weighted by molar-refractivity contribution is 0.0468. The van der Waals surface area contributed by atoms with E-state index in [1.807, 2.05) is 13.0 Å². The van der Waals surface area contributed by atoms with Crippen LogP contribution >= 0.6 is 0 Å². The van der Waals surface area contributed by atoms with E-state index in [4.69, 9.17) is 5.26 Å². The molecule has 18 heavy (non-hydrogen) atoms. The quantitative estimate of drug-likeness (QED) is 0.819. The fourth-order valence-corrected chi connectivity index (χ4v) is 1.58. The Labute approximate surface area is 106 Å². The number of amides is 1. The number of nitriles is 1. The maximum absolute atomic E-state index is 11.7. The molecule has 0 aromatic carbocycles. The van der Waals surface area contributed by atoms with Crippen molar-refractivity contribution in [2.45, 2.75) is 32.3 Å². The van der Waals surface area contributed by atoms with Crippen LogP contribution in [0.15, 0.2) is 18.3 Å². The van der Waals surface area contributed by atoms with Crippen molar-refractivity contribution in [2.75, 3.05) is 6.54 Å². The number of aromatic nitrogens is 1. The number of rotatable bonds is 5. The molecule has 5 heteroatoms. The van der Waals surface area contributed by atoms with Crippen LogP contribution in [-0.4, -0.2) is 28.1 Å². The first kappa shape index (κ1) is 14.1. The van der Waals surface area contributed by atoms with Gasteiger partial charge in [-0.15, -0.1) is 0 Å². The van der Waals surface area contributed by atoms with Crippen molar-refractivity contribution in [1.29, 1.82) is 5.26 Å². The Morgan fingerprint density at radius 2 is 2.33 bits per heavy atom. The number of carbonyl (C=O) groups is 1. The van der Waals surface area contributed by atoms with Crippen molar-refractivity contribution in [3.8, 4) is 6.07 Å². The zero-order chi connectivity index (χ0) is 13.6. The number of nitrogens with one attached hydrogen (secondary N) is 1. The minimum Gasteiger partial charge on any atom is -0.388 e. The Morgan fingerprint density at radius 3 is 2.83 bits per heavy atom. The van der Waals surface area contributed by atoms with Crippen LogP contribution in [0.1, 0.15) is 42.7 Å². The number of pyridine rings is 1. The van der Waals surface area contributed by atoms with Gasteiger partial charge in [-0.25, -0.2) is 4.98 Å². The van der Waals surface area contributed by atoms with Crippen molar-refractivity contribution in [1.82, 2.24) is 10.3 Å². The second-order valence-corrected chi connectivity index (χ2v) is 4.47. The Bertz CT molecular complexity index is 446. The number of aliphatic hydroxyl groups is 1. The average Bonchev–Trinajstić information content (AvgIpc) is 2.36. The third-order valence-corrected chi connectivity index (χ3v) is 2.54. The molecule has 0 spiro atoms. The van der Waals surface area contributed by atoms with Crippen LogP contribution in [0.25, 0.3) is 0 Å². The molecule has 1 aromatic rings. The highest BCUT2D eigenvalue weighted by molar-refractivity contribution is 5.92. The first-order chi connectivity index (χ1) is 8.48. The molecule has 0 fully saturated rings. The highest BCUT2D eigenvalue weighted by Gasteiger charge is 2.20. The third-order valence-electron chi connectivity index (χ3n) is 2.54. The van der Waals surface area contributed by atoms with Crippen molar-refractivity contribution >= 4 is 5.91 Å². The van der Waals surface area contributed by atoms with Gasteiger partial charge in [-0.3, -0.25) is 4.79 Å². The largest absolute Gasteiger partial charge is 0.388 e. The van der Waals surface area contributed by atoms with E-state index in [-0.39, 0.29) is 18.1 Å². The monoisotopic (exact) mass is 247 g/mol. The van der Waals surface area contributed by atoms with Crippen LogP contribution in [-0.2, 0) is 0 Å². The van der Waals surface area contributed by atoms with Gasteiger partial charge in [0.1, 0.15) is 11.8 Å². The van der Waals surface area contributed by atoms with Crippen LogP contribution in [0.3, 0.4) is 0 Å². The second kappa shape index (κ2) is 6.12. The summed E-state index contributed by atoms with van der Waals surface area (Å²) in [5.74, 6) is -0.351. The molecule has 96 valence electrons. The number of carbonyl (C=O) groups excluding carboxylic acids is 1. The minimum atomic E-state index is -0.906. The zero-order valence-corrected chi connectivity index (χ0v) is 10.6. The molecule has 1 aromatic heterocycles. The lowest BCUT2D eigenvalue weighted by Crippen LogP contribution is -2.40. The van der Waals surface area contributed by atoms with E-state index >= 15 is 0 Å². The summed E-state index contributed by atoms with van der Waals surface area (Å²) in [5, 5.41) is 21.2. The first-order valence-electron chi connectivity index (χ1n) is 5.85. The lowest BCUT2D eigenvalue weighted by Gasteiger charge is -2.22. The van der Waals surface area contributed by atoms with Crippen LogP contribution in [0.2, 0.25) is 0 Å². The normalized spacial score (nSPS) is 13.4. The molecule has 5 nitrogen and oxygen atoms in total. The predicted molar refractivity (Wildman–Crippen MR) is 66.8 cm³/mol. The summed E-state index contributed by atoms with van der Waals surface area (Å²) < 4.78 is 0. The van der Waals surface area contributed by atoms with Crippen molar-refractivity contribution in [3.63, 3.8) is 0 Å². The number of hydrogen-bond acceptors (Lipinski definition) is 4. The van der Waals surface area contributed by atoms with Gasteiger partial charge in [0.25, 0.3) is 5.91 Å². The minimum absolute atomic E-state index is 0.182. The number of nitrogens with zero attached hydrogens (tertiary/aromatic N) is 2. The lowest BCUT2D eigenvalue weighted by atomic mass is 10.0. The maximum Gasteiger partial charge on any atom is 0.269 e. The van der Waals surface area contributed by atoms with Crippen LogP contribution < -0.4 is 5.32 Å². The average molecular weight is 247 g/mol. The number of hydrogen-bond donors (Lipinski definition) is 2. The van der Waals surface area contributed by atoms with E-state index in [2.05, 4.69) is 10.3 Å². The summed E-state index contributed by atoms with van der Waals surface area (Å²) >= 11 is 0. The molecule has 0 aliphatic heterocycles. The molecule has 1 amide bonds. The SMILES string of the molecule is CCCC(C)(O)CNC(=O)c1ccc(C#N)cn1. The first-order valence-corrected chi connectivity index (χ1v) is 5.85. The van der Waals surface area contributed by atoms with Crippen molar-refractivity contribution in [3.05, 3.63) is 29.6 Å². The van der Waals surface area contributed by atoms with E-state index < -0.39 is 5.60 Å². The molecule has 0 radical (unpaired) electrons. The van der Waals surface area contributed by atoms with Gasteiger partial charge < -0.3 is 10.4 Å². The van der Waals surface area contributed by atoms with Gasteiger partial charge in [0, 0.05) is 12.7 Å². The highest BCUT2D eigenvalue weighted by Crippen LogP contribution is 2.10. The van der Waals surface area contributed by atoms with Gasteiger partial charge >= 0.3 is 0 Å². The molecular weight excluding hydrogens is 230 g/mol. The van der Waals surface area contributed by atoms with Crippen LogP contribution in [0, 0.1) is 11.3 Å². The van der Waals surface area contributed by atoms with Crippen molar-refractivity contribution in [2.24, 2.45) is 0 Å². The summed E-state index contributed by atoms with van der Waals surface area (Å²) in [4.78, 5) is 15.6. The van der Waals surface area contributed by atoms with Gasteiger partial charge in [-0.2, -0.15) is 5.26 Å². The molecule has 0 bridgehead atoms. The van der Waals surface area contributed by atoms with E-state index in [0.29, 0.717) is 12.0 Å². The molecule has 0 saturated carbocycles. The standard InChI is InChI=1S/C13H17N3O2/c1-3-6-13(2,18)9-16-12(17)11-5-4-10(7-14)8-15-11/h4-5,8,18H,3,6,9H2,1-2H3,(H,16,17). The molecule has 0 saturated heterocycles. The van der Waals surface area contributed by atoms with E-state index in [1.54, 1.807) is 6.92 Å². The van der Waals surface area contributed by atoms with Crippen LogP contribution in [0.5, 0.6) is 0 Å².